The summed E-state index contributed by atoms with van der Waals surface area (Å²) in [5.74, 6) is 0. The average molecular weight is 485 g/mol. The van der Waals surface area contributed by atoms with Crippen LogP contribution in [0.3, 0.4) is 0 Å². The maximum absolute atomic E-state index is 9.41. The lowest BCUT2D eigenvalue weighted by Crippen LogP contribution is -2.47. The highest BCUT2D eigenvalue weighted by Gasteiger charge is 2.44. The number of hydrogen-bond acceptors (Lipinski definition) is 4. The number of rotatable bonds is 16. The third-order valence-electron chi connectivity index (χ3n) is 8.35. The highest BCUT2D eigenvalue weighted by atomic mass is 28.4. The number of aliphatic hydroxyl groups excluding tert-OH is 1. The molecule has 0 aromatic rings. The zero-order valence-corrected chi connectivity index (χ0v) is 23.9. The third-order valence-corrected chi connectivity index (χ3v) is 12.9. The van der Waals surface area contributed by atoms with E-state index >= 15 is 0 Å². The molecule has 0 radical (unpaired) electrons. The summed E-state index contributed by atoms with van der Waals surface area (Å²) < 4.78 is 19.6. The second kappa shape index (κ2) is 14.6. The lowest BCUT2D eigenvalue weighted by atomic mass is 10.0. The maximum Gasteiger partial charge on any atom is 0.192 e. The SMILES string of the molecule is CCCCCCCCCCCC[C@@H](O[Si](C)(C)C(C)(C)C)[C@H]1CC[C@H]([C@H]2CC[C@H](CO)O2)O1. The molecular formula is C28H56O4Si. The Morgan fingerprint density at radius 1 is 0.818 bits per heavy atom. The summed E-state index contributed by atoms with van der Waals surface area (Å²) in [6.45, 7) is 14.1. The molecule has 2 rings (SSSR count). The van der Waals surface area contributed by atoms with Gasteiger partial charge in [0.05, 0.1) is 37.1 Å². The van der Waals surface area contributed by atoms with E-state index in [2.05, 4.69) is 40.8 Å². The van der Waals surface area contributed by atoms with E-state index in [1.54, 1.807) is 0 Å². The molecule has 0 amide bonds. The summed E-state index contributed by atoms with van der Waals surface area (Å²) in [6, 6.07) is 0. The summed E-state index contributed by atoms with van der Waals surface area (Å²) in [5, 5.41) is 9.62. The van der Waals surface area contributed by atoms with Crippen LogP contribution in [0.25, 0.3) is 0 Å². The summed E-state index contributed by atoms with van der Waals surface area (Å²) in [6.07, 6.45) is 19.6. The van der Waals surface area contributed by atoms with E-state index in [4.69, 9.17) is 13.9 Å². The molecule has 0 bridgehead atoms. The van der Waals surface area contributed by atoms with Crippen LogP contribution in [0, 0.1) is 0 Å². The maximum atomic E-state index is 9.41. The zero-order valence-electron chi connectivity index (χ0n) is 22.9. The minimum Gasteiger partial charge on any atom is -0.411 e. The van der Waals surface area contributed by atoms with Crippen LogP contribution in [0.4, 0.5) is 0 Å². The zero-order chi connectivity index (χ0) is 24.3. The van der Waals surface area contributed by atoms with Gasteiger partial charge >= 0.3 is 0 Å². The van der Waals surface area contributed by atoms with E-state index < -0.39 is 8.32 Å². The van der Waals surface area contributed by atoms with Crippen molar-refractivity contribution in [3.63, 3.8) is 0 Å². The Balaban J connectivity index is 1.79. The van der Waals surface area contributed by atoms with Gasteiger partial charge in [-0.05, 0) is 50.2 Å². The van der Waals surface area contributed by atoms with Gasteiger partial charge in [0.25, 0.3) is 0 Å². The molecule has 2 saturated heterocycles. The molecule has 4 nitrogen and oxygen atoms in total. The van der Waals surface area contributed by atoms with E-state index in [9.17, 15) is 5.11 Å². The second-order valence-corrected chi connectivity index (χ2v) is 17.0. The molecule has 5 heteroatoms. The average Bonchev–Trinajstić information content (AvgIpc) is 3.42. The summed E-state index contributed by atoms with van der Waals surface area (Å²) in [4.78, 5) is 0. The Labute approximate surface area is 206 Å². The number of unbranched alkanes of at least 4 members (excludes halogenated alkanes) is 9. The summed E-state index contributed by atoms with van der Waals surface area (Å²) >= 11 is 0. The molecule has 2 aliphatic rings. The highest BCUT2D eigenvalue weighted by Crippen LogP contribution is 2.40. The predicted octanol–water partition coefficient (Wildman–Crippen LogP) is 7.78. The van der Waals surface area contributed by atoms with Gasteiger partial charge in [-0.2, -0.15) is 0 Å². The molecule has 2 fully saturated rings. The molecule has 2 heterocycles. The van der Waals surface area contributed by atoms with Gasteiger partial charge in [0.15, 0.2) is 8.32 Å². The topological polar surface area (TPSA) is 47.9 Å². The molecule has 1 N–H and O–H groups in total. The molecule has 5 atom stereocenters. The van der Waals surface area contributed by atoms with E-state index in [1.165, 1.54) is 64.2 Å². The normalized spacial score (nSPS) is 27.4. The number of hydrogen-bond donors (Lipinski definition) is 1. The third kappa shape index (κ3) is 9.91. The van der Waals surface area contributed by atoms with Crippen LogP contribution in [0.15, 0.2) is 0 Å². The van der Waals surface area contributed by atoms with Crippen molar-refractivity contribution in [1.29, 1.82) is 0 Å². The Hall–Kier alpha value is 0.0569. The van der Waals surface area contributed by atoms with Crippen LogP contribution >= 0.6 is 0 Å². The van der Waals surface area contributed by atoms with Crippen LogP contribution < -0.4 is 0 Å². The molecule has 33 heavy (non-hydrogen) atoms. The van der Waals surface area contributed by atoms with E-state index in [1.807, 2.05) is 0 Å². The fraction of sp³-hybridized carbons (Fsp3) is 1.00. The van der Waals surface area contributed by atoms with Gasteiger partial charge in [-0.1, -0.05) is 91.9 Å². The van der Waals surface area contributed by atoms with Gasteiger partial charge in [0.1, 0.15) is 0 Å². The standard InChI is InChI=1S/C28H56O4Si/c1-7-8-9-10-11-12-13-14-15-16-17-27(32-33(5,6)28(2,3)4)26-21-20-25(31-26)24-19-18-23(22-29)30-24/h23-27,29H,7-22H2,1-6H3/t23-,24-,25-,26-,27-/m1/s1. The molecule has 0 aliphatic carbocycles. The first-order chi connectivity index (χ1) is 15.7. The van der Waals surface area contributed by atoms with Crippen molar-refractivity contribution >= 4 is 8.32 Å². The Morgan fingerprint density at radius 2 is 1.36 bits per heavy atom. The Morgan fingerprint density at radius 3 is 1.91 bits per heavy atom. The largest absolute Gasteiger partial charge is 0.411 e. The van der Waals surface area contributed by atoms with Gasteiger partial charge in [0.2, 0.25) is 0 Å². The molecule has 0 aromatic heterocycles. The van der Waals surface area contributed by atoms with Gasteiger partial charge in [-0.25, -0.2) is 0 Å². The van der Waals surface area contributed by atoms with Crippen molar-refractivity contribution < 1.29 is 19.0 Å². The fourth-order valence-corrected chi connectivity index (χ4v) is 6.47. The first kappa shape index (κ1) is 29.3. The molecule has 196 valence electrons. The molecule has 0 saturated carbocycles. The van der Waals surface area contributed by atoms with Crippen molar-refractivity contribution in [2.45, 2.75) is 173 Å². The number of aliphatic hydroxyl groups is 1. The Kier molecular flexibility index (Phi) is 12.9. The lowest BCUT2D eigenvalue weighted by Gasteiger charge is -2.41. The van der Waals surface area contributed by atoms with Gasteiger partial charge in [-0.15, -0.1) is 0 Å². The van der Waals surface area contributed by atoms with Crippen molar-refractivity contribution in [3.05, 3.63) is 0 Å². The molecule has 0 unspecified atom stereocenters. The molecule has 0 spiro atoms. The van der Waals surface area contributed by atoms with Crippen molar-refractivity contribution in [3.8, 4) is 0 Å². The van der Waals surface area contributed by atoms with E-state index in [0.29, 0.717) is 0 Å². The highest BCUT2D eigenvalue weighted by molar-refractivity contribution is 6.74. The monoisotopic (exact) mass is 484 g/mol. The van der Waals surface area contributed by atoms with Crippen LogP contribution in [-0.2, 0) is 13.9 Å². The first-order valence-electron chi connectivity index (χ1n) is 14.3. The van der Waals surface area contributed by atoms with Gasteiger partial charge in [0, 0.05) is 0 Å². The van der Waals surface area contributed by atoms with Crippen molar-refractivity contribution in [2.75, 3.05) is 6.61 Å². The van der Waals surface area contributed by atoms with Crippen LogP contribution in [0.2, 0.25) is 18.1 Å². The van der Waals surface area contributed by atoms with Crippen LogP contribution in [0.1, 0.15) is 124 Å². The van der Waals surface area contributed by atoms with E-state index in [0.717, 1.165) is 32.1 Å². The lowest BCUT2D eigenvalue weighted by molar-refractivity contribution is -0.0958. The van der Waals surface area contributed by atoms with Crippen LogP contribution in [-0.4, -0.2) is 50.6 Å². The van der Waals surface area contributed by atoms with Crippen LogP contribution in [0.5, 0.6) is 0 Å². The molecular weight excluding hydrogens is 428 g/mol. The van der Waals surface area contributed by atoms with Gasteiger partial charge in [-0.3, -0.25) is 0 Å². The smallest absolute Gasteiger partial charge is 0.192 e. The van der Waals surface area contributed by atoms with E-state index in [-0.39, 0.29) is 42.2 Å². The van der Waals surface area contributed by atoms with Gasteiger partial charge < -0.3 is 19.0 Å². The van der Waals surface area contributed by atoms with Crippen molar-refractivity contribution in [1.82, 2.24) is 0 Å². The minimum atomic E-state index is -1.85. The quantitative estimate of drug-likeness (QED) is 0.179. The molecule has 2 aliphatic heterocycles. The second-order valence-electron chi connectivity index (χ2n) is 12.2. The van der Waals surface area contributed by atoms with Crippen molar-refractivity contribution in [2.24, 2.45) is 0 Å². The summed E-state index contributed by atoms with van der Waals surface area (Å²) in [7, 11) is -1.85. The fourth-order valence-electron chi connectivity index (χ4n) is 5.09. The predicted molar refractivity (Wildman–Crippen MR) is 141 cm³/mol. The summed E-state index contributed by atoms with van der Waals surface area (Å²) in [5.41, 5.74) is 0. The minimum absolute atomic E-state index is 0.00331. The first-order valence-corrected chi connectivity index (χ1v) is 17.2. The molecule has 0 aromatic carbocycles. The number of ether oxygens (including phenoxy) is 2. The Bertz CT molecular complexity index is 519.